The Morgan fingerprint density at radius 2 is 1.90 bits per heavy atom. The molecule has 0 unspecified atom stereocenters. The van der Waals surface area contributed by atoms with E-state index in [0.717, 1.165) is 17.0 Å². The van der Waals surface area contributed by atoms with Crippen molar-refractivity contribution in [2.75, 3.05) is 13.7 Å². The molecule has 0 fully saturated rings. The van der Waals surface area contributed by atoms with Crippen molar-refractivity contribution in [2.45, 2.75) is 25.2 Å². The van der Waals surface area contributed by atoms with Crippen molar-refractivity contribution in [3.8, 4) is 5.75 Å². The molecule has 1 heterocycles. The molecule has 0 saturated heterocycles. The number of rotatable bonds is 6. The van der Waals surface area contributed by atoms with Crippen LogP contribution in [0.25, 0.3) is 0 Å². The fraction of sp³-hybridized carbons (Fsp3) is 0.357. The van der Waals surface area contributed by atoms with Crippen LogP contribution in [0.2, 0.25) is 0 Å². The summed E-state index contributed by atoms with van der Waals surface area (Å²) in [7, 11) is -1.99. The number of aryl methyl sites for hydroxylation is 2. The van der Waals surface area contributed by atoms with Gasteiger partial charge in [-0.05, 0) is 44.5 Å². The van der Waals surface area contributed by atoms with Crippen LogP contribution in [0.3, 0.4) is 0 Å². The van der Waals surface area contributed by atoms with Crippen LogP contribution in [0.15, 0.2) is 33.7 Å². The molecular formula is C14H18N2O4S. The maximum atomic E-state index is 12.1. The second-order valence-electron chi connectivity index (χ2n) is 4.63. The normalized spacial score (nSPS) is 11.6. The minimum absolute atomic E-state index is 0.210. The quantitative estimate of drug-likeness (QED) is 0.880. The number of hydrogen-bond acceptors (Lipinski definition) is 5. The lowest BCUT2D eigenvalue weighted by Gasteiger charge is -2.07. The minimum atomic E-state index is -3.52. The smallest absolute Gasteiger partial charge is 0.240 e. The van der Waals surface area contributed by atoms with E-state index in [1.807, 2.05) is 13.8 Å². The lowest BCUT2D eigenvalue weighted by atomic mass is 10.1. The third kappa shape index (κ3) is 3.62. The second kappa shape index (κ2) is 6.28. The highest BCUT2D eigenvalue weighted by molar-refractivity contribution is 7.89. The molecule has 1 N–H and O–H groups in total. The molecule has 21 heavy (non-hydrogen) atoms. The lowest BCUT2D eigenvalue weighted by molar-refractivity contribution is 0.392. The van der Waals surface area contributed by atoms with Gasteiger partial charge in [0.05, 0.1) is 17.7 Å². The zero-order valence-electron chi connectivity index (χ0n) is 12.2. The third-order valence-corrected chi connectivity index (χ3v) is 4.69. The summed E-state index contributed by atoms with van der Waals surface area (Å²) in [4.78, 5) is 0.210. The van der Waals surface area contributed by atoms with E-state index >= 15 is 0 Å². The highest BCUT2D eigenvalue weighted by Crippen LogP contribution is 2.16. The average Bonchev–Trinajstić information content (AvgIpc) is 2.79. The van der Waals surface area contributed by atoms with Crippen LogP contribution in [0.5, 0.6) is 5.75 Å². The van der Waals surface area contributed by atoms with Crippen molar-refractivity contribution in [1.82, 2.24) is 9.88 Å². The molecule has 0 aliphatic carbocycles. The molecule has 1 aromatic heterocycles. The number of ether oxygens (including phenoxy) is 1. The van der Waals surface area contributed by atoms with Crippen LogP contribution in [0.4, 0.5) is 0 Å². The van der Waals surface area contributed by atoms with E-state index in [1.54, 1.807) is 12.1 Å². The molecule has 2 aromatic rings. The number of nitrogens with zero attached hydrogens (tertiary/aromatic N) is 1. The first-order valence-electron chi connectivity index (χ1n) is 6.49. The summed E-state index contributed by atoms with van der Waals surface area (Å²) in [6.45, 7) is 3.94. The van der Waals surface area contributed by atoms with E-state index in [9.17, 15) is 8.42 Å². The van der Waals surface area contributed by atoms with Crippen LogP contribution in [-0.2, 0) is 16.4 Å². The van der Waals surface area contributed by atoms with Gasteiger partial charge in [-0.3, -0.25) is 0 Å². The standard InChI is InChI=1S/C14H18N2O4S/c1-10-14(11(2)20-16-10)8-9-15-21(17,18)13-6-4-12(19-3)5-7-13/h4-7,15H,8-9H2,1-3H3. The maximum Gasteiger partial charge on any atom is 0.240 e. The first kappa shape index (κ1) is 15.5. The van der Waals surface area contributed by atoms with Crippen molar-refractivity contribution in [3.05, 3.63) is 41.3 Å². The van der Waals surface area contributed by atoms with Gasteiger partial charge in [-0.1, -0.05) is 5.16 Å². The van der Waals surface area contributed by atoms with Crippen LogP contribution >= 0.6 is 0 Å². The average molecular weight is 310 g/mol. The number of hydrogen-bond donors (Lipinski definition) is 1. The van der Waals surface area contributed by atoms with Gasteiger partial charge in [-0.25, -0.2) is 13.1 Å². The summed E-state index contributed by atoms with van der Waals surface area (Å²) in [6, 6.07) is 6.25. The van der Waals surface area contributed by atoms with Crippen molar-refractivity contribution in [1.29, 1.82) is 0 Å². The van der Waals surface area contributed by atoms with Gasteiger partial charge in [0, 0.05) is 12.1 Å². The summed E-state index contributed by atoms with van der Waals surface area (Å²) >= 11 is 0. The molecule has 7 heteroatoms. The first-order chi connectivity index (χ1) is 9.94. The SMILES string of the molecule is COc1ccc(S(=O)(=O)NCCc2c(C)noc2C)cc1. The van der Waals surface area contributed by atoms with Crippen LogP contribution in [0.1, 0.15) is 17.0 Å². The molecule has 1 aromatic carbocycles. The fourth-order valence-corrected chi connectivity index (χ4v) is 3.04. The summed E-state index contributed by atoms with van der Waals surface area (Å²) in [6.07, 6.45) is 0.538. The molecule has 6 nitrogen and oxygen atoms in total. The number of nitrogens with one attached hydrogen (secondary N) is 1. The van der Waals surface area contributed by atoms with Gasteiger partial charge in [0.2, 0.25) is 10.0 Å². The van der Waals surface area contributed by atoms with Crippen LogP contribution < -0.4 is 9.46 Å². The van der Waals surface area contributed by atoms with E-state index in [2.05, 4.69) is 9.88 Å². The van der Waals surface area contributed by atoms with Crippen molar-refractivity contribution < 1.29 is 17.7 Å². The van der Waals surface area contributed by atoms with E-state index in [-0.39, 0.29) is 11.4 Å². The number of benzene rings is 1. The van der Waals surface area contributed by atoms with Gasteiger partial charge in [-0.2, -0.15) is 0 Å². The summed E-state index contributed by atoms with van der Waals surface area (Å²) < 4.78 is 36.9. The Morgan fingerprint density at radius 3 is 2.43 bits per heavy atom. The van der Waals surface area contributed by atoms with Crippen molar-refractivity contribution in [2.24, 2.45) is 0 Å². The van der Waals surface area contributed by atoms with Gasteiger partial charge in [0.15, 0.2) is 0 Å². The molecule has 0 atom stereocenters. The Balaban J connectivity index is 2.01. The monoisotopic (exact) mass is 310 g/mol. The Kier molecular flexibility index (Phi) is 4.64. The summed E-state index contributed by atoms with van der Waals surface area (Å²) in [5.41, 5.74) is 1.73. The Morgan fingerprint density at radius 1 is 1.24 bits per heavy atom. The fourth-order valence-electron chi connectivity index (χ4n) is 2.01. The van der Waals surface area contributed by atoms with E-state index in [0.29, 0.717) is 12.2 Å². The highest BCUT2D eigenvalue weighted by atomic mass is 32.2. The molecule has 0 aliphatic heterocycles. The number of aromatic nitrogens is 1. The van der Waals surface area contributed by atoms with Gasteiger partial charge in [0.1, 0.15) is 11.5 Å². The van der Waals surface area contributed by atoms with Crippen LogP contribution in [0, 0.1) is 13.8 Å². The predicted molar refractivity (Wildman–Crippen MR) is 77.9 cm³/mol. The number of sulfonamides is 1. The molecule has 0 spiro atoms. The van der Waals surface area contributed by atoms with Crippen molar-refractivity contribution >= 4 is 10.0 Å². The summed E-state index contributed by atoms with van der Waals surface area (Å²) in [5.74, 6) is 1.33. The molecular weight excluding hydrogens is 292 g/mol. The Hall–Kier alpha value is -1.86. The van der Waals surface area contributed by atoms with E-state index < -0.39 is 10.0 Å². The second-order valence-corrected chi connectivity index (χ2v) is 6.39. The van der Waals surface area contributed by atoms with Crippen molar-refractivity contribution in [3.63, 3.8) is 0 Å². The molecule has 0 radical (unpaired) electrons. The molecule has 2 rings (SSSR count). The van der Waals surface area contributed by atoms with Gasteiger partial charge < -0.3 is 9.26 Å². The Labute approximate surface area is 124 Å². The first-order valence-corrected chi connectivity index (χ1v) is 7.98. The van der Waals surface area contributed by atoms with E-state index in [1.165, 1.54) is 19.2 Å². The zero-order valence-corrected chi connectivity index (χ0v) is 13.0. The molecule has 0 amide bonds. The van der Waals surface area contributed by atoms with Crippen LogP contribution in [-0.4, -0.2) is 27.2 Å². The van der Waals surface area contributed by atoms with Gasteiger partial charge >= 0.3 is 0 Å². The van der Waals surface area contributed by atoms with E-state index in [4.69, 9.17) is 9.26 Å². The highest BCUT2D eigenvalue weighted by Gasteiger charge is 2.15. The predicted octanol–water partition coefficient (Wildman–Crippen LogP) is 1.82. The number of methoxy groups -OCH3 is 1. The third-order valence-electron chi connectivity index (χ3n) is 3.22. The van der Waals surface area contributed by atoms with Gasteiger partial charge in [-0.15, -0.1) is 0 Å². The molecule has 114 valence electrons. The molecule has 0 aliphatic rings. The summed E-state index contributed by atoms with van der Waals surface area (Å²) in [5, 5.41) is 3.84. The lowest BCUT2D eigenvalue weighted by Crippen LogP contribution is -2.26. The minimum Gasteiger partial charge on any atom is -0.497 e. The maximum absolute atomic E-state index is 12.1. The molecule has 0 saturated carbocycles. The zero-order chi connectivity index (χ0) is 15.5. The Bertz CT molecular complexity index is 686. The largest absolute Gasteiger partial charge is 0.497 e. The van der Waals surface area contributed by atoms with Gasteiger partial charge in [0.25, 0.3) is 0 Å². The molecule has 0 bridgehead atoms. The topological polar surface area (TPSA) is 81.4 Å².